The molecule has 0 bridgehead atoms. The molecule has 0 aliphatic heterocycles. The summed E-state index contributed by atoms with van der Waals surface area (Å²) in [5.41, 5.74) is 0. The van der Waals surface area contributed by atoms with Crippen molar-refractivity contribution in [1.82, 2.24) is 0 Å². The maximum absolute atomic E-state index is 12.7. The number of thiol groups is 1. The first-order valence-corrected chi connectivity index (χ1v) is 25.6. The van der Waals surface area contributed by atoms with E-state index in [4.69, 9.17) is 18.5 Å². The summed E-state index contributed by atoms with van der Waals surface area (Å²) in [4.78, 5) is 35.6. The maximum Gasteiger partial charge on any atom is 0.472 e. The molecule has 0 saturated heterocycles. The first-order valence-electron chi connectivity index (χ1n) is 23.4. The molecule has 334 valence electrons. The van der Waals surface area contributed by atoms with Crippen molar-refractivity contribution in [2.45, 2.75) is 225 Å². The van der Waals surface area contributed by atoms with Crippen LogP contribution in [0.4, 0.5) is 0 Å². The number of phosphoric ester groups is 1. The van der Waals surface area contributed by atoms with Crippen molar-refractivity contribution < 1.29 is 42.1 Å². The van der Waals surface area contributed by atoms with Gasteiger partial charge in [0.25, 0.3) is 0 Å². The second-order valence-corrected chi connectivity index (χ2v) is 18.8. The number of nitrogens with zero attached hydrogens (tertiary/aromatic N) is 1. The minimum absolute atomic E-state index is 0.0203. The van der Waals surface area contributed by atoms with E-state index < -0.39 is 26.5 Å². The lowest BCUT2D eigenvalue weighted by molar-refractivity contribution is -0.887. The second kappa shape index (κ2) is 39.8. The molecule has 2 atom stereocenters. The fraction of sp³-hybridized carbons (Fsp3) is 0.956. The largest absolute Gasteiger partial charge is 0.472 e. The van der Waals surface area contributed by atoms with Crippen molar-refractivity contribution >= 4 is 32.4 Å². The van der Waals surface area contributed by atoms with Crippen LogP contribution in [0.2, 0.25) is 0 Å². The summed E-state index contributed by atoms with van der Waals surface area (Å²) < 4.78 is 34.7. The van der Waals surface area contributed by atoms with Crippen molar-refractivity contribution in [3.63, 3.8) is 0 Å². The van der Waals surface area contributed by atoms with Crippen molar-refractivity contribution in [1.29, 1.82) is 0 Å². The highest BCUT2D eigenvalue weighted by molar-refractivity contribution is 7.80. The molecule has 2 unspecified atom stereocenters. The fourth-order valence-electron chi connectivity index (χ4n) is 6.90. The van der Waals surface area contributed by atoms with E-state index in [9.17, 15) is 19.0 Å². The Kier molecular flexibility index (Phi) is 39.3. The van der Waals surface area contributed by atoms with Crippen LogP contribution in [0.3, 0.4) is 0 Å². The molecule has 0 heterocycles. The number of carbonyl (C=O) groups excluding carboxylic acids is 2. The zero-order chi connectivity index (χ0) is 41.4. The SMILES string of the molecule is CCCCCCCCCCCCCCCCCC(=O)OCC(COP(=O)(O)OCC[N+](C)(C)CCS)OC(=O)CCCCCCCCCCCCCCCCC. The van der Waals surface area contributed by atoms with Crippen molar-refractivity contribution in [2.24, 2.45) is 0 Å². The Morgan fingerprint density at radius 1 is 0.536 bits per heavy atom. The van der Waals surface area contributed by atoms with Crippen LogP contribution in [-0.2, 0) is 32.7 Å². The van der Waals surface area contributed by atoms with Gasteiger partial charge in [-0.15, -0.1) is 0 Å². The van der Waals surface area contributed by atoms with E-state index in [1.54, 1.807) is 0 Å². The third kappa shape index (κ3) is 40.2. The Hall–Kier alpha value is -0.640. The normalized spacial score (nSPS) is 13.5. The molecule has 0 aromatic carbocycles. The summed E-state index contributed by atoms with van der Waals surface area (Å²) in [6, 6.07) is 0. The van der Waals surface area contributed by atoms with Crippen molar-refractivity contribution in [3.8, 4) is 0 Å². The molecule has 11 heteroatoms. The lowest BCUT2D eigenvalue weighted by Gasteiger charge is -2.29. The summed E-state index contributed by atoms with van der Waals surface area (Å²) in [7, 11) is -0.422. The maximum atomic E-state index is 12.7. The van der Waals surface area contributed by atoms with Crippen LogP contribution in [-0.4, -0.2) is 80.2 Å². The molecule has 0 fully saturated rings. The van der Waals surface area contributed by atoms with Gasteiger partial charge in [-0.1, -0.05) is 194 Å². The average molecular weight is 837 g/mol. The highest BCUT2D eigenvalue weighted by Gasteiger charge is 2.27. The van der Waals surface area contributed by atoms with Gasteiger partial charge in [0.15, 0.2) is 6.10 Å². The van der Waals surface area contributed by atoms with Gasteiger partial charge in [0.2, 0.25) is 0 Å². The van der Waals surface area contributed by atoms with E-state index in [0.717, 1.165) is 38.6 Å². The first kappa shape index (κ1) is 55.4. The molecule has 0 radical (unpaired) electrons. The third-order valence-corrected chi connectivity index (χ3v) is 12.0. The van der Waals surface area contributed by atoms with Gasteiger partial charge in [-0.05, 0) is 12.8 Å². The molecule has 0 aromatic heterocycles. The van der Waals surface area contributed by atoms with Gasteiger partial charge in [0.05, 0.1) is 27.2 Å². The number of unbranched alkanes of at least 4 members (excludes halogenated alkanes) is 28. The number of hydrogen-bond acceptors (Lipinski definition) is 8. The molecule has 56 heavy (non-hydrogen) atoms. The predicted octanol–water partition coefficient (Wildman–Crippen LogP) is 13.1. The second-order valence-electron chi connectivity index (χ2n) is 16.9. The Balaban J connectivity index is 4.40. The smallest absolute Gasteiger partial charge is 0.462 e. The topological polar surface area (TPSA) is 108 Å². The van der Waals surface area contributed by atoms with Crippen LogP contribution in [0, 0.1) is 0 Å². The van der Waals surface area contributed by atoms with Gasteiger partial charge in [-0.25, -0.2) is 4.57 Å². The Labute approximate surface area is 351 Å². The molecule has 0 spiro atoms. The quantitative estimate of drug-likeness (QED) is 0.0205. The lowest BCUT2D eigenvalue weighted by atomic mass is 10.0. The summed E-state index contributed by atoms with van der Waals surface area (Å²) in [6.45, 7) is 5.20. The Bertz CT molecular complexity index is 940. The molecule has 1 N–H and O–H groups in total. The summed E-state index contributed by atoms with van der Waals surface area (Å²) in [5, 5.41) is 0. The fourth-order valence-corrected chi connectivity index (χ4v) is 8.18. The van der Waals surface area contributed by atoms with Gasteiger partial charge in [0.1, 0.15) is 19.8 Å². The minimum atomic E-state index is -4.40. The number of esters is 2. The molecule has 9 nitrogen and oxygen atoms in total. The molecular formula is C45H91NO8PS+. The van der Waals surface area contributed by atoms with Gasteiger partial charge >= 0.3 is 19.8 Å². The number of ether oxygens (including phenoxy) is 2. The highest BCUT2D eigenvalue weighted by atomic mass is 32.1. The third-order valence-electron chi connectivity index (χ3n) is 10.8. The number of carbonyl (C=O) groups is 2. The molecule has 0 saturated carbocycles. The highest BCUT2D eigenvalue weighted by Crippen LogP contribution is 2.43. The van der Waals surface area contributed by atoms with Crippen LogP contribution < -0.4 is 0 Å². The van der Waals surface area contributed by atoms with Crippen LogP contribution in [0.5, 0.6) is 0 Å². The van der Waals surface area contributed by atoms with E-state index in [1.807, 2.05) is 14.1 Å². The molecule has 0 rings (SSSR count). The summed E-state index contributed by atoms with van der Waals surface area (Å²) >= 11 is 4.27. The van der Waals surface area contributed by atoms with E-state index in [0.29, 0.717) is 29.6 Å². The van der Waals surface area contributed by atoms with Gasteiger partial charge in [0, 0.05) is 18.6 Å². The van der Waals surface area contributed by atoms with Gasteiger partial charge in [-0.2, -0.15) is 12.6 Å². The molecule has 0 aliphatic rings. The number of quaternary nitrogens is 1. The summed E-state index contributed by atoms with van der Waals surface area (Å²) in [6.07, 6.45) is 37.0. The van der Waals surface area contributed by atoms with E-state index in [-0.39, 0.29) is 25.6 Å². The molecule has 0 aromatic rings. The number of hydrogen-bond donors (Lipinski definition) is 2. The molecule has 0 aliphatic carbocycles. The number of rotatable bonds is 44. The van der Waals surface area contributed by atoms with E-state index in [2.05, 4.69) is 26.5 Å². The van der Waals surface area contributed by atoms with Crippen LogP contribution in [0.25, 0.3) is 0 Å². The van der Waals surface area contributed by atoms with Gasteiger partial charge < -0.3 is 18.9 Å². The Morgan fingerprint density at radius 2 is 0.893 bits per heavy atom. The lowest BCUT2D eigenvalue weighted by Crippen LogP contribution is -2.43. The zero-order valence-electron chi connectivity index (χ0n) is 37.1. The minimum Gasteiger partial charge on any atom is -0.462 e. The van der Waals surface area contributed by atoms with Gasteiger partial charge in [-0.3, -0.25) is 18.6 Å². The number of phosphoric acid groups is 1. The van der Waals surface area contributed by atoms with E-state index >= 15 is 0 Å². The van der Waals surface area contributed by atoms with Crippen molar-refractivity contribution in [2.75, 3.05) is 52.8 Å². The monoisotopic (exact) mass is 837 g/mol. The molecular weight excluding hydrogens is 746 g/mol. The van der Waals surface area contributed by atoms with E-state index in [1.165, 1.54) is 154 Å². The van der Waals surface area contributed by atoms with Crippen LogP contribution >= 0.6 is 20.5 Å². The predicted molar refractivity (Wildman–Crippen MR) is 237 cm³/mol. The Morgan fingerprint density at radius 3 is 1.27 bits per heavy atom. The summed E-state index contributed by atoms with van der Waals surface area (Å²) in [5.74, 6) is -0.104. The van der Waals surface area contributed by atoms with Crippen LogP contribution in [0.1, 0.15) is 219 Å². The van der Waals surface area contributed by atoms with Crippen molar-refractivity contribution in [3.05, 3.63) is 0 Å². The first-order chi connectivity index (χ1) is 27.0. The zero-order valence-corrected chi connectivity index (χ0v) is 38.9. The van der Waals surface area contributed by atoms with Crippen LogP contribution in [0.15, 0.2) is 0 Å². The average Bonchev–Trinajstić information content (AvgIpc) is 3.15. The standard InChI is InChI=1S/C45H90NO8PS/c1-5-7-9-11-13-15-17-19-21-23-25-27-29-31-33-35-44(47)51-41-43(42-53-55(49,50)52-39-37-46(3,4)38-40-56)54-45(48)36-34-32-30-28-26-24-22-20-18-16-14-12-10-8-6-2/h43H,5-42H2,1-4H3,(H-,49,50,56)/p+1. The number of likely N-dealkylation sites (N-methyl/N-ethyl adjacent to an activating group) is 1. The molecule has 0 amide bonds.